The first kappa shape index (κ1) is 15.6. The van der Waals surface area contributed by atoms with Gasteiger partial charge in [0, 0.05) is 24.7 Å². The maximum Gasteiger partial charge on any atom is 0.321 e. The zero-order valence-electron chi connectivity index (χ0n) is 12.8. The molecular weight excluding hydrogens is 308 g/mol. The number of aliphatic imine (C=N–C) groups is 1. The number of rotatable bonds is 3. The van der Waals surface area contributed by atoms with Gasteiger partial charge in [-0.25, -0.2) is 4.79 Å². The van der Waals surface area contributed by atoms with Crippen LogP contribution in [0.15, 0.2) is 53.8 Å². The van der Waals surface area contributed by atoms with E-state index in [4.69, 9.17) is 0 Å². The minimum absolute atomic E-state index is 0.0784. The number of amidine groups is 1. The van der Waals surface area contributed by atoms with Gasteiger partial charge in [0.15, 0.2) is 5.17 Å². The molecule has 3 rings (SSSR count). The Hall–Kier alpha value is -2.34. The molecule has 2 heterocycles. The number of aryl methyl sites for hydroxylation is 1. The van der Waals surface area contributed by atoms with Crippen molar-refractivity contribution in [1.82, 2.24) is 15.6 Å². The Morgan fingerprint density at radius 3 is 2.83 bits per heavy atom. The molecule has 0 aliphatic carbocycles. The lowest BCUT2D eigenvalue weighted by Crippen LogP contribution is -2.37. The summed E-state index contributed by atoms with van der Waals surface area (Å²) in [6.07, 6.45) is 3.52. The summed E-state index contributed by atoms with van der Waals surface area (Å²) in [6, 6.07) is 11.8. The summed E-state index contributed by atoms with van der Waals surface area (Å²) in [5.74, 6) is 0.831. The number of urea groups is 1. The minimum atomic E-state index is -0.227. The molecule has 0 saturated carbocycles. The van der Waals surface area contributed by atoms with E-state index in [1.165, 1.54) is 0 Å². The van der Waals surface area contributed by atoms with Crippen LogP contribution in [0.25, 0.3) is 0 Å². The van der Waals surface area contributed by atoms with Gasteiger partial charge < -0.3 is 5.32 Å². The van der Waals surface area contributed by atoms with E-state index in [9.17, 15) is 4.79 Å². The summed E-state index contributed by atoms with van der Waals surface area (Å²) < 4.78 is 0. The van der Waals surface area contributed by atoms with Crippen LogP contribution in [0.2, 0.25) is 0 Å². The molecule has 2 N–H and O–H groups in total. The fraction of sp³-hybridized carbons (Fsp3) is 0.235. The molecule has 23 heavy (non-hydrogen) atoms. The molecule has 1 aliphatic rings. The molecule has 1 aliphatic heterocycles. The predicted molar refractivity (Wildman–Crippen MR) is 93.4 cm³/mol. The van der Waals surface area contributed by atoms with Crippen molar-refractivity contribution < 1.29 is 4.79 Å². The summed E-state index contributed by atoms with van der Waals surface area (Å²) in [4.78, 5) is 20.6. The van der Waals surface area contributed by atoms with Crippen LogP contribution in [-0.2, 0) is 6.54 Å². The second kappa shape index (κ2) is 7.28. The fourth-order valence-electron chi connectivity index (χ4n) is 2.32. The molecule has 1 aromatic carbocycles. The molecule has 118 valence electrons. The minimum Gasteiger partial charge on any atom is -0.334 e. The van der Waals surface area contributed by atoms with Crippen molar-refractivity contribution in [3.05, 3.63) is 65.5 Å². The number of benzene rings is 1. The van der Waals surface area contributed by atoms with Crippen molar-refractivity contribution >= 4 is 23.0 Å². The topological polar surface area (TPSA) is 66.4 Å². The molecular formula is C17H18N4OS. The molecule has 0 fully saturated rings. The molecule has 6 heteroatoms. The Kier molecular flexibility index (Phi) is 4.92. The molecule has 0 radical (unpaired) electrons. The van der Waals surface area contributed by atoms with Gasteiger partial charge in [-0.15, -0.1) is 0 Å². The highest BCUT2D eigenvalue weighted by Gasteiger charge is 2.21. The van der Waals surface area contributed by atoms with Gasteiger partial charge in [-0.3, -0.25) is 15.3 Å². The Balaban J connectivity index is 1.53. The third-order valence-corrected chi connectivity index (χ3v) is 4.63. The molecule has 5 nitrogen and oxygen atoms in total. The highest BCUT2D eigenvalue weighted by atomic mass is 32.2. The van der Waals surface area contributed by atoms with Gasteiger partial charge in [-0.2, -0.15) is 0 Å². The van der Waals surface area contributed by atoms with E-state index in [2.05, 4.69) is 20.6 Å². The third kappa shape index (κ3) is 4.10. The summed E-state index contributed by atoms with van der Waals surface area (Å²) in [6.45, 7) is 2.54. The lowest BCUT2D eigenvalue weighted by Gasteiger charge is -2.08. The van der Waals surface area contributed by atoms with Gasteiger partial charge in [0.2, 0.25) is 0 Å². The number of amides is 2. The maximum atomic E-state index is 12.0. The molecule has 0 saturated heterocycles. The zero-order valence-corrected chi connectivity index (χ0v) is 13.6. The van der Waals surface area contributed by atoms with Gasteiger partial charge in [0.05, 0.1) is 6.04 Å². The van der Waals surface area contributed by atoms with Crippen molar-refractivity contribution in [2.45, 2.75) is 19.5 Å². The van der Waals surface area contributed by atoms with E-state index in [0.717, 1.165) is 22.4 Å². The first-order valence-corrected chi connectivity index (χ1v) is 8.41. The van der Waals surface area contributed by atoms with E-state index in [1.807, 2.05) is 43.3 Å². The number of carbonyl (C=O) groups excluding carboxylic acids is 1. The SMILES string of the molecule is Cc1ccccc1CNC(=O)NC1=NC(c2ccncc2)CS1. The second-order valence-electron chi connectivity index (χ2n) is 5.28. The molecule has 1 atom stereocenters. The Labute approximate surface area is 139 Å². The van der Waals surface area contributed by atoms with Crippen molar-refractivity contribution in [2.24, 2.45) is 4.99 Å². The van der Waals surface area contributed by atoms with Crippen molar-refractivity contribution in [3.8, 4) is 0 Å². The number of carbonyl (C=O) groups is 1. The van der Waals surface area contributed by atoms with Crippen LogP contribution >= 0.6 is 11.8 Å². The van der Waals surface area contributed by atoms with Crippen molar-refractivity contribution in [3.63, 3.8) is 0 Å². The molecule has 2 amide bonds. The van der Waals surface area contributed by atoms with Crippen molar-refractivity contribution in [1.29, 1.82) is 0 Å². The van der Waals surface area contributed by atoms with E-state index < -0.39 is 0 Å². The zero-order chi connectivity index (χ0) is 16.1. The predicted octanol–water partition coefficient (Wildman–Crippen LogP) is 3.03. The summed E-state index contributed by atoms with van der Waals surface area (Å²) in [5.41, 5.74) is 3.39. The summed E-state index contributed by atoms with van der Waals surface area (Å²) in [5, 5.41) is 6.34. The van der Waals surface area contributed by atoms with Gasteiger partial charge in [-0.05, 0) is 35.7 Å². The van der Waals surface area contributed by atoms with E-state index in [0.29, 0.717) is 11.7 Å². The second-order valence-corrected chi connectivity index (χ2v) is 6.28. The lowest BCUT2D eigenvalue weighted by molar-refractivity contribution is 0.245. The monoisotopic (exact) mass is 326 g/mol. The average Bonchev–Trinajstić information content (AvgIpc) is 3.03. The lowest BCUT2D eigenvalue weighted by atomic mass is 10.1. The molecule has 1 aromatic heterocycles. The number of nitrogens with zero attached hydrogens (tertiary/aromatic N) is 2. The molecule has 2 aromatic rings. The number of aromatic nitrogens is 1. The number of pyridine rings is 1. The first-order chi connectivity index (χ1) is 11.2. The van der Waals surface area contributed by atoms with Crippen LogP contribution in [0.3, 0.4) is 0 Å². The fourth-order valence-corrected chi connectivity index (χ4v) is 3.27. The van der Waals surface area contributed by atoms with E-state index in [1.54, 1.807) is 24.2 Å². The quantitative estimate of drug-likeness (QED) is 0.911. The average molecular weight is 326 g/mol. The molecule has 1 unspecified atom stereocenters. The van der Waals surface area contributed by atoms with Gasteiger partial charge in [0.1, 0.15) is 0 Å². The first-order valence-electron chi connectivity index (χ1n) is 7.42. The van der Waals surface area contributed by atoms with E-state index >= 15 is 0 Å². The number of hydrogen-bond donors (Lipinski definition) is 2. The smallest absolute Gasteiger partial charge is 0.321 e. The van der Waals surface area contributed by atoms with Crippen LogP contribution < -0.4 is 10.6 Å². The van der Waals surface area contributed by atoms with Gasteiger partial charge in [-0.1, -0.05) is 36.0 Å². The molecule has 0 spiro atoms. The van der Waals surface area contributed by atoms with Crippen LogP contribution in [0.4, 0.5) is 4.79 Å². The Morgan fingerprint density at radius 1 is 1.26 bits per heavy atom. The highest BCUT2D eigenvalue weighted by Crippen LogP contribution is 2.28. The van der Waals surface area contributed by atoms with Gasteiger partial charge >= 0.3 is 6.03 Å². The number of nitrogens with one attached hydrogen (secondary N) is 2. The largest absolute Gasteiger partial charge is 0.334 e. The molecule has 0 bridgehead atoms. The normalized spacial score (nSPS) is 16.7. The van der Waals surface area contributed by atoms with E-state index in [-0.39, 0.29) is 12.1 Å². The van der Waals surface area contributed by atoms with Gasteiger partial charge in [0.25, 0.3) is 0 Å². The van der Waals surface area contributed by atoms with Crippen LogP contribution in [0.1, 0.15) is 22.7 Å². The van der Waals surface area contributed by atoms with Crippen LogP contribution in [0, 0.1) is 6.92 Å². The highest BCUT2D eigenvalue weighted by molar-refractivity contribution is 8.14. The number of hydrogen-bond acceptors (Lipinski definition) is 4. The van der Waals surface area contributed by atoms with Crippen LogP contribution in [0.5, 0.6) is 0 Å². The standard InChI is InChI=1S/C17H18N4OS/c1-12-4-2-3-5-14(12)10-19-16(22)21-17-20-15(11-23-17)13-6-8-18-9-7-13/h2-9,15H,10-11H2,1H3,(H2,19,20,21,22). The summed E-state index contributed by atoms with van der Waals surface area (Å²) in [7, 11) is 0. The van der Waals surface area contributed by atoms with Crippen LogP contribution in [-0.4, -0.2) is 21.9 Å². The summed E-state index contributed by atoms with van der Waals surface area (Å²) >= 11 is 1.56. The third-order valence-electron chi connectivity index (χ3n) is 3.66. The number of thioether (sulfide) groups is 1. The Bertz CT molecular complexity index is 718. The Morgan fingerprint density at radius 2 is 2.04 bits per heavy atom. The maximum absolute atomic E-state index is 12.0. The van der Waals surface area contributed by atoms with Crippen molar-refractivity contribution in [2.75, 3.05) is 5.75 Å².